The molecule has 0 aliphatic carbocycles. The van der Waals surface area contributed by atoms with Gasteiger partial charge in [0.25, 0.3) is 0 Å². The van der Waals surface area contributed by atoms with Crippen LogP contribution < -0.4 is 0 Å². The molecule has 0 radical (unpaired) electrons. The number of hydrogen-bond acceptors (Lipinski definition) is 4. The number of benzene rings is 1. The van der Waals surface area contributed by atoms with Crippen LogP contribution >= 0.6 is 0 Å². The Hall–Kier alpha value is -2.96. The summed E-state index contributed by atoms with van der Waals surface area (Å²) in [5.74, 6) is -0.797. The predicted octanol–water partition coefficient (Wildman–Crippen LogP) is 3.61. The number of esters is 1. The maximum absolute atomic E-state index is 13.3. The minimum Gasteiger partial charge on any atom is -0.461 e. The van der Waals surface area contributed by atoms with Gasteiger partial charge in [0.1, 0.15) is 5.82 Å². The van der Waals surface area contributed by atoms with Gasteiger partial charge in [0.2, 0.25) is 5.91 Å². The summed E-state index contributed by atoms with van der Waals surface area (Å²) in [6.45, 7) is 5.06. The molecular formula is C21H24FN3O3. The molecule has 28 heavy (non-hydrogen) atoms. The van der Waals surface area contributed by atoms with E-state index in [9.17, 15) is 14.0 Å². The lowest BCUT2D eigenvalue weighted by Gasteiger charge is -2.32. The lowest BCUT2D eigenvalue weighted by atomic mass is 10.0. The molecule has 1 amide bonds. The number of rotatable bonds is 5. The van der Waals surface area contributed by atoms with Gasteiger partial charge in [-0.3, -0.25) is 9.48 Å². The van der Waals surface area contributed by atoms with Crippen molar-refractivity contribution in [2.75, 3.05) is 19.7 Å². The standard InChI is InChI=1S/C21H24FN3O3/c1-3-5-20(26)24-12-10-17(11-13-24)25-19(15-6-8-16(22)9-7-15)14-18(23-25)21(27)28-4-2/h3,5-9,14,17H,4,10-13H2,1-2H3/b5-3+. The van der Waals surface area contributed by atoms with Gasteiger partial charge in [-0.05, 0) is 63.1 Å². The highest BCUT2D eigenvalue weighted by atomic mass is 19.1. The lowest BCUT2D eigenvalue weighted by Crippen LogP contribution is -2.38. The molecule has 0 spiro atoms. The van der Waals surface area contributed by atoms with Gasteiger partial charge >= 0.3 is 5.97 Å². The molecule has 0 atom stereocenters. The third kappa shape index (κ3) is 4.30. The van der Waals surface area contributed by atoms with Crippen molar-refractivity contribution in [3.05, 3.63) is 54.0 Å². The van der Waals surface area contributed by atoms with Gasteiger partial charge in [-0.2, -0.15) is 5.10 Å². The number of carbonyl (C=O) groups excluding carboxylic acids is 2. The van der Waals surface area contributed by atoms with Crippen LogP contribution in [0.2, 0.25) is 0 Å². The Morgan fingerprint density at radius 1 is 1.25 bits per heavy atom. The molecule has 0 unspecified atom stereocenters. The molecule has 7 heteroatoms. The highest BCUT2D eigenvalue weighted by Crippen LogP contribution is 2.30. The number of ether oxygens (including phenoxy) is 1. The third-order valence-electron chi connectivity index (χ3n) is 4.79. The zero-order valence-corrected chi connectivity index (χ0v) is 16.1. The van der Waals surface area contributed by atoms with Crippen molar-refractivity contribution in [1.29, 1.82) is 0 Å². The molecule has 1 saturated heterocycles. The van der Waals surface area contributed by atoms with E-state index in [2.05, 4.69) is 5.10 Å². The quantitative estimate of drug-likeness (QED) is 0.583. The van der Waals surface area contributed by atoms with Crippen LogP contribution in [0.1, 0.15) is 43.2 Å². The maximum atomic E-state index is 13.3. The molecule has 2 heterocycles. The summed E-state index contributed by atoms with van der Waals surface area (Å²) in [4.78, 5) is 26.0. The smallest absolute Gasteiger partial charge is 0.358 e. The van der Waals surface area contributed by atoms with E-state index in [1.165, 1.54) is 12.1 Å². The largest absolute Gasteiger partial charge is 0.461 e. The van der Waals surface area contributed by atoms with Gasteiger partial charge in [-0.15, -0.1) is 0 Å². The lowest BCUT2D eigenvalue weighted by molar-refractivity contribution is -0.127. The van der Waals surface area contributed by atoms with E-state index >= 15 is 0 Å². The van der Waals surface area contributed by atoms with E-state index in [0.717, 1.165) is 24.1 Å². The van der Waals surface area contributed by atoms with Gasteiger partial charge in [0, 0.05) is 18.7 Å². The second kappa shape index (κ2) is 8.82. The van der Waals surface area contributed by atoms with Gasteiger partial charge in [0.15, 0.2) is 5.69 Å². The second-order valence-electron chi connectivity index (χ2n) is 6.64. The van der Waals surface area contributed by atoms with Gasteiger partial charge in [-0.1, -0.05) is 6.08 Å². The Kier molecular flexibility index (Phi) is 6.23. The Bertz CT molecular complexity index is 866. The minimum atomic E-state index is -0.481. The Balaban J connectivity index is 1.88. The molecule has 1 aromatic carbocycles. The Labute approximate surface area is 163 Å². The van der Waals surface area contributed by atoms with Gasteiger partial charge in [-0.25, -0.2) is 9.18 Å². The van der Waals surface area contributed by atoms with Crippen LogP contribution in [0.25, 0.3) is 11.3 Å². The summed E-state index contributed by atoms with van der Waals surface area (Å²) in [5, 5.41) is 4.49. The highest BCUT2D eigenvalue weighted by molar-refractivity contribution is 5.89. The van der Waals surface area contributed by atoms with Crippen molar-refractivity contribution in [2.45, 2.75) is 32.7 Å². The minimum absolute atomic E-state index is 0.00684. The van der Waals surface area contributed by atoms with E-state index < -0.39 is 5.97 Å². The number of amides is 1. The number of aromatic nitrogens is 2. The Morgan fingerprint density at radius 2 is 1.93 bits per heavy atom. The SMILES string of the molecule is C/C=C/C(=O)N1CCC(n2nc(C(=O)OCC)cc2-c2ccc(F)cc2)CC1. The summed E-state index contributed by atoms with van der Waals surface area (Å²) < 4.78 is 20.2. The summed E-state index contributed by atoms with van der Waals surface area (Å²) >= 11 is 0. The van der Waals surface area contributed by atoms with Crippen LogP contribution in [0, 0.1) is 5.82 Å². The van der Waals surface area contributed by atoms with Crippen LogP contribution in [0.3, 0.4) is 0 Å². The maximum Gasteiger partial charge on any atom is 0.358 e. The van der Waals surface area contributed by atoms with Crippen molar-refractivity contribution in [3.8, 4) is 11.3 Å². The van der Waals surface area contributed by atoms with E-state index in [4.69, 9.17) is 4.74 Å². The first-order valence-corrected chi connectivity index (χ1v) is 9.47. The van der Waals surface area contributed by atoms with Crippen LogP contribution in [-0.2, 0) is 9.53 Å². The zero-order chi connectivity index (χ0) is 20.1. The van der Waals surface area contributed by atoms with E-state index in [-0.39, 0.29) is 30.1 Å². The molecule has 1 aliphatic rings. The molecule has 148 valence electrons. The molecule has 1 fully saturated rings. The van der Waals surface area contributed by atoms with Gasteiger partial charge < -0.3 is 9.64 Å². The topological polar surface area (TPSA) is 64.4 Å². The first kappa shape index (κ1) is 19.8. The number of likely N-dealkylation sites (tertiary alicyclic amines) is 1. The predicted molar refractivity (Wildman–Crippen MR) is 103 cm³/mol. The summed E-state index contributed by atoms with van der Waals surface area (Å²) in [5.41, 5.74) is 1.74. The number of carbonyl (C=O) groups is 2. The van der Waals surface area contributed by atoms with Crippen LogP contribution in [0.5, 0.6) is 0 Å². The fraction of sp³-hybridized carbons (Fsp3) is 0.381. The van der Waals surface area contributed by atoms with Crippen LogP contribution in [-0.4, -0.2) is 46.3 Å². The summed E-state index contributed by atoms with van der Waals surface area (Å²) in [6.07, 6.45) is 4.75. The molecular weight excluding hydrogens is 361 g/mol. The number of halogens is 1. The molecule has 6 nitrogen and oxygen atoms in total. The molecule has 0 bridgehead atoms. The number of piperidine rings is 1. The first-order chi connectivity index (χ1) is 13.5. The normalized spacial score (nSPS) is 15.2. The van der Waals surface area contributed by atoms with Crippen molar-refractivity contribution < 1.29 is 18.7 Å². The molecule has 1 aliphatic heterocycles. The molecule has 0 N–H and O–H groups in total. The van der Waals surface area contributed by atoms with Crippen molar-refractivity contribution >= 4 is 11.9 Å². The Morgan fingerprint density at radius 3 is 2.54 bits per heavy atom. The first-order valence-electron chi connectivity index (χ1n) is 9.47. The molecule has 0 saturated carbocycles. The van der Waals surface area contributed by atoms with Gasteiger partial charge in [0.05, 0.1) is 18.3 Å². The van der Waals surface area contributed by atoms with E-state index in [1.807, 2.05) is 16.5 Å². The molecule has 1 aromatic heterocycles. The monoisotopic (exact) mass is 385 g/mol. The second-order valence-corrected chi connectivity index (χ2v) is 6.64. The zero-order valence-electron chi connectivity index (χ0n) is 16.1. The summed E-state index contributed by atoms with van der Waals surface area (Å²) in [7, 11) is 0. The average Bonchev–Trinajstić information content (AvgIpc) is 3.14. The van der Waals surface area contributed by atoms with E-state index in [1.54, 1.807) is 37.3 Å². The third-order valence-corrected chi connectivity index (χ3v) is 4.79. The summed E-state index contributed by atoms with van der Waals surface area (Å²) in [6, 6.07) is 7.83. The van der Waals surface area contributed by atoms with Crippen molar-refractivity contribution in [1.82, 2.24) is 14.7 Å². The number of nitrogens with zero attached hydrogens (tertiary/aromatic N) is 3. The highest BCUT2D eigenvalue weighted by Gasteiger charge is 2.27. The fourth-order valence-electron chi connectivity index (χ4n) is 3.39. The van der Waals surface area contributed by atoms with Crippen molar-refractivity contribution in [3.63, 3.8) is 0 Å². The number of allylic oxidation sites excluding steroid dienone is 1. The molecule has 2 aromatic rings. The average molecular weight is 385 g/mol. The molecule has 3 rings (SSSR count). The van der Waals surface area contributed by atoms with Crippen LogP contribution in [0.15, 0.2) is 42.5 Å². The van der Waals surface area contributed by atoms with Crippen molar-refractivity contribution in [2.24, 2.45) is 0 Å². The van der Waals surface area contributed by atoms with Crippen LogP contribution in [0.4, 0.5) is 4.39 Å². The fourth-order valence-corrected chi connectivity index (χ4v) is 3.39. The van der Waals surface area contributed by atoms with E-state index in [0.29, 0.717) is 13.1 Å². The number of hydrogen-bond donors (Lipinski definition) is 0.